The highest BCUT2D eigenvalue weighted by atomic mass is 19.1. The number of carbonyl (C=O) groups excluding carboxylic acids is 1. The first-order valence-corrected chi connectivity index (χ1v) is 7.10. The maximum atomic E-state index is 13.4. The van der Waals surface area contributed by atoms with Crippen LogP contribution in [-0.4, -0.2) is 11.9 Å². The number of hydrogen-bond acceptors (Lipinski definition) is 2. The fraction of sp³-hybridized carbons (Fsp3) is 0.235. The average molecular weight is 284 g/mol. The Balaban J connectivity index is 1.99. The van der Waals surface area contributed by atoms with Crippen LogP contribution >= 0.6 is 0 Å². The summed E-state index contributed by atoms with van der Waals surface area (Å²) >= 11 is 0. The summed E-state index contributed by atoms with van der Waals surface area (Å²) in [6, 6.07) is 14.0. The lowest BCUT2D eigenvalue weighted by molar-refractivity contribution is -0.119. The van der Waals surface area contributed by atoms with E-state index in [4.69, 9.17) is 0 Å². The van der Waals surface area contributed by atoms with Crippen molar-refractivity contribution in [2.24, 2.45) is 0 Å². The van der Waals surface area contributed by atoms with Crippen molar-refractivity contribution >= 4 is 17.3 Å². The molecular formula is C17H17FN2O. The topological polar surface area (TPSA) is 32.3 Å². The van der Waals surface area contributed by atoms with Gasteiger partial charge in [0.2, 0.25) is 5.91 Å². The first-order valence-electron chi connectivity index (χ1n) is 7.10. The molecule has 1 amide bonds. The zero-order valence-corrected chi connectivity index (χ0v) is 11.8. The van der Waals surface area contributed by atoms with Crippen LogP contribution in [0.3, 0.4) is 0 Å². The Hall–Kier alpha value is -2.36. The Labute approximate surface area is 123 Å². The normalized spacial score (nSPS) is 17.3. The van der Waals surface area contributed by atoms with Gasteiger partial charge in [-0.2, -0.15) is 0 Å². The molecule has 108 valence electrons. The number of rotatable bonds is 3. The molecule has 2 aromatic rings. The highest BCUT2D eigenvalue weighted by Crippen LogP contribution is 2.33. The zero-order chi connectivity index (χ0) is 14.8. The van der Waals surface area contributed by atoms with Gasteiger partial charge in [-0.3, -0.25) is 4.79 Å². The third-order valence-corrected chi connectivity index (χ3v) is 3.74. The molecule has 0 fully saturated rings. The molecule has 0 aliphatic carbocycles. The third kappa shape index (κ3) is 2.61. The summed E-state index contributed by atoms with van der Waals surface area (Å²) in [7, 11) is 0. The molecule has 0 bridgehead atoms. The number of fused-ring (bicyclic) bond motifs is 1. The van der Waals surface area contributed by atoms with Crippen molar-refractivity contribution < 1.29 is 9.18 Å². The number of benzene rings is 2. The summed E-state index contributed by atoms with van der Waals surface area (Å²) in [6.45, 7) is 2.44. The van der Waals surface area contributed by atoms with Gasteiger partial charge in [0.25, 0.3) is 0 Å². The SMILES string of the molecule is CCC1Nc2cc(F)ccc2N(Cc2ccccc2)C1=O. The van der Waals surface area contributed by atoms with E-state index < -0.39 is 0 Å². The molecule has 1 N–H and O–H groups in total. The van der Waals surface area contributed by atoms with E-state index in [9.17, 15) is 9.18 Å². The maximum Gasteiger partial charge on any atom is 0.249 e. The Bertz CT molecular complexity index is 657. The van der Waals surface area contributed by atoms with E-state index in [-0.39, 0.29) is 17.8 Å². The highest BCUT2D eigenvalue weighted by Gasteiger charge is 2.31. The summed E-state index contributed by atoms with van der Waals surface area (Å²) in [4.78, 5) is 14.3. The first kappa shape index (κ1) is 13.6. The molecule has 0 spiro atoms. The predicted octanol–water partition coefficient (Wildman–Crippen LogP) is 3.56. The minimum atomic E-state index is -0.303. The molecule has 0 saturated carbocycles. The number of amides is 1. The Morgan fingerprint density at radius 3 is 2.67 bits per heavy atom. The lowest BCUT2D eigenvalue weighted by Crippen LogP contribution is -2.46. The quantitative estimate of drug-likeness (QED) is 0.934. The lowest BCUT2D eigenvalue weighted by atomic mass is 10.1. The second kappa shape index (κ2) is 5.56. The number of anilines is 2. The molecule has 1 atom stereocenters. The number of halogens is 1. The highest BCUT2D eigenvalue weighted by molar-refractivity contribution is 6.04. The maximum absolute atomic E-state index is 13.4. The van der Waals surface area contributed by atoms with Gasteiger partial charge in [-0.1, -0.05) is 37.3 Å². The Morgan fingerprint density at radius 2 is 1.95 bits per heavy atom. The molecule has 3 nitrogen and oxygen atoms in total. The van der Waals surface area contributed by atoms with Gasteiger partial charge >= 0.3 is 0 Å². The summed E-state index contributed by atoms with van der Waals surface area (Å²) in [5.74, 6) is -0.273. The summed E-state index contributed by atoms with van der Waals surface area (Å²) < 4.78 is 13.4. The Kier molecular flexibility index (Phi) is 3.60. The van der Waals surface area contributed by atoms with Gasteiger partial charge in [0.1, 0.15) is 11.9 Å². The Morgan fingerprint density at radius 1 is 1.19 bits per heavy atom. The summed E-state index contributed by atoms with van der Waals surface area (Å²) in [5.41, 5.74) is 2.46. The van der Waals surface area contributed by atoms with Crippen LogP contribution in [0.2, 0.25) is 0 Å². The van der Waals surface area contributed by atoms with Crippen molar-refractivity contribution in [2.45, 2.75) is 25.9 Å². The van der Waals surface area contributed by atoms with Crippen LogP contribution in [0.5, 0.6) is 0 Å². The number of carbonyl (C=O) groups is 1. The molecule has 4 heteroatoms. The summed E-state index contributed by atoms with van der Waals surface area (Å²) in [6.07, 6.45) is 0.667. The second-order valence-corrected chi connectivity index (χ2v) is 5.18. The van der Waals surface area contributed by atoms with E-state index in [0.29, 0.717) is 18.7 Å². The van der Waals surface area contributed by atoms with Crippen LogP contribution in [0.15, 0.2) is 48.5 Å². The predicted molar refractivity (Wildman–Crippen MR) is 81.7 cm³/mol. The monoisotopic (exact) mass is 284 g/mol. The van der Waals surface area contributed by atoms with Crippen molar-refractivity contribution in [1.82, 2.24) is 0 Å². The van der Waals surface area contributed by atoms with Crippen LogP contribution in [0.4, 0.5) is 15.8 Å². The van der Waals surface area contributed by atoms with E-state index in [2.05, 4.69) is 5.32 Å². The van der Waals surface area contributed by atoms with Crippen molar-refractivity contribution in [1.29, 1.82) is 0 Å². The van der Waals surface area contributed by atoms with Gasteiger partial charge in [0.15, 0.2) is 0 Å². The van der Waals surface area contributed by atoms with Gasteiger partial charge in [-0.15, -0.1) is 0 Å². The van der Waals surface area contributed by atoms with E-state index in [1.54, 1.807) is 11.0 Å². The van der Waals surface area contributed by atoms with Crippen LogP contribution in [0.1, 0.15) is 18.9 Å². The summed E-state index contributed by atoms with van der Waals surface area (Å²) in [5, 5.41) is 3.12. The molecular weight excluding hydrogens is 267 g/mol. The van der Waals surface area contributed by atoms with Gasteiger partial charge in [0.05, 0.1) is 17.9 Å². The molecule has 1 aliphatic rings. The van der Waals surface area contributed by atoms with E-state index >= 15 is 0 Å². The number of nitrogens with zero attached hydrogens (tertiary/aromatic N) is 1. The standard InChI is InChI=1S/C17H17FN2O/c1-2-14-17(21)20(11-12-6-4-3-5-7-12)16-9-8-13(18)10-15(16)19-14/h3-10,14,19H,2,11H2,1H3. The van der Waals surface area contributed by atoms with Crippen LogP contribution in [0.25, 0.3) is 0 Å². The molecule has 0 radical (unpaired) electrons. The zero-order valence-electron chi connectivity index (χ0n) is 11.8. The van der Waals surface area contributed by atoms with Crippen LogP contribution in [0, 0.1) is 5.82 Å². The largest absolute Gasteiger partial charge is 0.372 e. The third-order valence-electron chi connectivity index (χ3n) is 3.74. The fourth-order valence-corrected chi connectivity index (χ4v) is 2.62. The van der Waals surface area contributed by atoms with Crippen molar-refractivity contribution in [2.75, 3.05) is 10.2 Å². The first-order chi connectivity index (χ1) is 10.2. The van der Waals surface area contributed by atoms with Crippen LogP contribution < -0.4 is 10.2 Å². The van der Waals surface area contributed by atoms with Gasteiger partial charge in [0, 0.05) is 0 Å². The van der Waals surface area contributed by atoms with Crippen molar-refractivity contribution in [3.05, 3.63) is 59.9 Å². The lowest BCUT2D eigenvalue weighted by Gasteiger charge is -2.35. The molecule has 0 saturated heterocycles. The molecule has 3 rings (SSSR count). The average Bonchev–Trinajstić information content (AvgIpc) is 2.50. The van der Waals surface area contributed by atoms with Crippen molar-refractivity contribution in [3.8, 4) is 0 Å². The molecule has 2 aromatic carbocycles. The molecule has 0 aromatic heterocycles. The van der Waals surface area contributed by atoms with E-state index in [0.717, 1.165) is 11.3 Å². The van der Waals surface area contributed by atoms with Gasteiger partial charge in [-0.05, 0) is 30.2 Å². The smallest absolute Gasteiger partial charge is 0.249 e. The van der Waals surface area contributed by atoms with Crippen LogP contribution in [-0.2, 0) is 11.3 Å². The molecule has 1 aliphatic heterocycles. The second-order valence-electron chi connectivity index (χ2n) is 5.18. The van der Waals surface area contributed by atoms with E-state index in [1.807, 2.05) is 37.3 Å². The fourth-order valence-electron chi connectivity index (χ4n) is 2.62. The number of nitrogens with one attached hydrogen (secondary N) is 1. The molecule has 1 heterocycles. The minimum absolute atomic E-state index is 0.0282. The van der Waals surface area contributed by atoms with Gasteiger partial charge < -0.3 is 10.2 Å². The van der Waals surface area contributed by atoms with E-state index in [1.165, 1.54) is 12.1 Å². The molecule has 21 heavy (non-hydrogen) atoms. The minimum Gasteiger partial charge on any atom is -0.372 e. The van der Waals surface area contributed by atoms with Gasteiger partial charge in [-0.25, -0.2) is 4.39 Å². The number of hydrogen-bond donors (Lipinski definition) is 1. The van der Waals surface area contributed by atoms with Crippen molar-refractivity contribution in [3.63, 3.8) is 0 Å². The molecule has 1 unspecified atom stereocenters.